The van der Waals surface area contributed by atoms with Gasteiger partial charge in [-0.15, -0.1) is 0 Å². The van der Waals surface area contributed by atoms with E-state index < -0.39 is 0 Å². The molecule has 0 aromatic heterocycles. The lowest BCUT2D eigenvalue weighted by Gasteiger charge is -2.18. The molecule has 0 spiro atoms. The molecule has 1 aromatic carbocycles. The van der Waals surface area contributed by atoms with Crippen molar-refractivity contribution >= 4 is 11.6 Å². The molecular weight excluding hydrogens is 210 g/mol. The molecule has 0 saturated heterocycles. The van der Waals surface area contributed by atoms with Crippen LogP contribution in [0.2, 0.25) is 5.02 Å². The van der Waals surface area contributed by atoms with Crippen LogP contribution in [0.3, 0.4) is 0 Å². The third kappa shape index (κ3) is 4.20. The summed E-state index contributed by atoms with van der Waals surface area (Å²) in [5.74, 6) is 0. The van der Waals surface area contributed by atoms with Gasteiger partial charge in [-0.25, -0.2) is 0 Å². The van der Waals surface area contributed by atoms with Crippen LogP contribution in [-0.4, -0.2) is 24.8 Å². The summed E-state index contributed by atoms with van der Waals surface area (Å²) in [7, 11) is 0. The second-order valence-corrected chi connectivity index (χ2v) is 4.15. The molecule has 0 fully saturated rings. The molecule has 84 valence electrons. The van der Waals surface area contributed by atoms with E-state index in [0.29, 0.717) is 0 Å². The zero-order valence-corrected chi connectivity index (χ0v) is 9.93. The van der Waals surface area contributed by atoms with Gasteiger partial charge in [0.05, 0.1) is 13.2 Å². The minimum Gasteiger partial charge on any atom is -0.391 e. The fraction of sp³-hybridized carbons (Fsp3) is 0.500. The third-order valence-electron chi connectivity index (χ3n) is 2.47. The standard InChI is InChI=1S/C12H18ClNO/c1-2-7-14(8-9-15)10-11-5-3-4-6-12(11)13/h3-6,15H,2,7-10H2,1H3/p+1. The molecule has 0 radical (unpaired) electrons. The van der Waals surface area contributed by atoms with Gasteiger partial charge in [0.25, 0.3) is 0 Å². The summed E-state index contributed by atoms with van der Waals surface area (Å²) in [5.41, 5.74) is 1.16. The minimum absolute atomic E-state index is 0.236. The Hall–Kier alpha value is -0.570. The van der Waals surface area contributed by atoms with Gasteiger partial charge in [0.15, 0.2) is 0 Å². The Morgan fingerprint density at radius 1 is 1.27 bits per heavy atom. The topological polar surface area (TPSA) is 24.7 Å². The second-order valence-electron chi connectivity index (χ2n) is 3.74. The van der Waals surface area contributed by atoms with Gasteiger partial charge in [0, 0.05) is 10.6 Å². The predicted molar refractivity (Wildman–Crippen MR) is 63.2 cm³/mol. The molecule has 0 saturated carbocycles. The molecule has 0 aliphatic carbocycles. The molecule has 0 aliphatic heterocycles. The van der Waals surface area contributed by atoms with E-state index in [1.807, 2.05) is 18.2 Å². The Kier molecular flexibility index (Phi) is 5.69. The maximum atomic E-state index is 8.96. The number of aliphatic hydroxyl groups excluding tert-OH is 1. The van der Waals surface area contributed by atoms with Crippen molar-refractivity contribution in [3.05, 3.63) is 34.9 Å². The molecule has 0 bridgehead atoms. The number of quaternary nitrogens is 1. The molecule has 0 amide bonds. The smallest absolute Gasteiger partial charge is 0.104 e. The molecule has 2 nitrogen and oxygen atoms in total. The highest BCUT2D eigenvalue weighted by Gasteiger charge is 2.09. The SMILES string of the molecule is CCC[NH+](CCO)Cc1ccccc1Cl. The van der Waals surface area contributed by atoms with E-state index in [2.05, 4.69) is 13.0 Å². The fourth-order valence-electron chi connectivity index (χ4n) is 1.72. The number of rotatable bonds is 6. The van der Waals surface area contributed by atoms with Crippen LogP contribution < -0.4 is 4.90 Å². The van der Waals surface area contributed by atoms with Gasteiger partial charge in [0.2, 0.25) is 0 Å². The largest absolute Gasteiger partial charge is 0.391 e. The highest BCUT2D eigenvalue weighted by Crippen LogP contribution is 2.13. The van der Waals surface area contributed by atoms with E-state index in [0.717, 1.165) is 36.6 Å². The molecular formula is C12H19ClNO+. The summed E-state index contributed by atoms with van der Waals surface area (Å²) in [6.07, 6.45) is 1.12. The van der Waals surface area contributed by atoms with Crippen LogP contribution in [0.5, 0.6) is 0 Å². The summed E-state index contributed by atoms with van der Waals surface area (Å²) in [5, 5.41) is 9.78. The molecule has 1 rings (SSSR count). The van der Waals surface area contributed by atoms with E-state index in [1.54, 1.807) is 0 Å². The van der Waals surface area contributed by atoms with Gasteiger partial charge in [0.1, 0.15) is 13.1 Å². The molecule has 2 N–H and O–H groups in total. The highest BCUT2D eigenvalue weighted by molar-refractivity contribution is 6.31. The van der Waals surface area contributed by atoms with Gasteiger partial charge in [-0.1, -0.05) is 36.7 Å². The lowest BCUT2D eigenvalue weighted by atomic mass is 10.2. The quantitative estimate of drug-likeness (QED) is 0.750. The van der Waals surface area contributed by atoms with Crippen molar-refractivity contribution in [2.45, 2.75) is 19.9 Å². The molecule has 3 heteroatoms. The average molecular weight is 229 g/mol. The number of hydrogen-bond acceptors (Lipinski definition) is 1. The first kappa shape index (κ1) is 12.5. The maximum Gasteiger partial charge on any atom is 0.104 e. The Morgan fingerprint density at radius 3 is 2.60 bits per heavy atom. The fourth-order valence-corrected chi connectivity index (χ4v) is 1.93. The molecule has 1 aromatic rings. The Balaban J connectivity index is 2.60. The van der Waals surface area contributed by atoms with Crippen molar-refractivity contribution in [2.75, 3.05) is 19.7 Å². The molecule has 15 heavy (non-hydrogen) atoms. The van der Waals surface area contributed by atoms with Crippen LogP contribution in [0.15, 0.2) is 24.3 Å². The van der Waals surface area contributed by atoms with E-state index in [-0.39, 0.29) is 6.61 Å². The van der Waals surface area contributed by atoms with Crippen LogP contribution in [0, 0.1) is 0 Å². The second kappa shape index (κ2) is 6.83. The average Bonchev–Trinajstić information content (AvgIpc) is 2.22. The molecule has 1 unspecified atom stereocenters. The first-order chi connectivity index (χ1) is 7.27. The summed E-state index contributed by atoms with van der Waals surface area (Å²) < 4.78 is 0. The van der Waals surface area contributed by atoms with Crippen molar-refractivity contribution in [1.29, 1.82) is 0 Å². The van der Waals surface area contributed by atoms with E-state index >= 15 is 0 Å². The summed E-state index contributed by atoms with van der Waals surface area (Å²) in [4.78, 5) is 1.38. The van der Waals surface area contributed by atoms with Crippen LogP contribution in [0.1, 0.15) is 18.9 Å². The predicted octanol–water partition coefficient (Wildman–Crippen LogP) is 1.13. The number of aliphatic hydroxyl groups is 1. The normalized spacial score (nSPS) is 12.7. The summed E-state index contributed by atoms with van der Waals surface area (Å²) in [6, 6.07) is 7.91. The van der Waals surface area contributed by atoms with Crippen LogP contribution in [0.25, 0.3) is 0 Å². The summed E-state index contributed by atoms with van der Waals surface area (Å²) in [6.45, 7) is 5.16. The van der Waals surface area contributed by atoms with Crippen LogP contribution in [-0.2, 0) is 6.54 Å². The monoisotopic (exact) mass is 228 g/mol. The van der Waals surface area contributed by atoms with Crippen molar-refractivity contribution in [3.8, 4) is 0 Å². The van der Waals surface area contributed by atoms with Gasteiger partial charge < -0.3 is 10.0 Å². The number of hydrogen-bond donors (Lipinski definition) is 2. The lowest BCUT2D eigenvalue weighted by Crippen LogP contribution is -3.11. The number of nitrogens with one attached hydrogen (secondary N) is 1. The maximum absolute atomic E-state index is 8.96. The minimum atomic E-state index is 0.236. The van der Waals surface area contributed by atoms with Crippen molar-refractivity contribution in [1.82, 2.24) is 0 Å². The van der Waals surface area contributed by atoms with E-state index in [1.165, 1.54) is 4.90 Å². The zero-order chi connectivity index (χ0) is 11.1. The highest BCUT2D eigenvalue weighted by atomic mass is 35.5. The Bertz CT molecular complexity index is 285. The van der Waals surface area contributed by atoms with Crippen molar-refractivity contribution < 1.29 is 10.0 Å². The Labute approximate surface area is 96.5 Å². The molecule has 1 atom stereocenters. The number of benzene rings is 1. The first-order valence-corrected chi connectivity index (χ1v) is 5.83. The zero-order valence-electron chi connectivity index (χ0n) is 9.17. The van der Waals surface area contributed by atoms with Crippen molar-refractivity contribution in [3.63, 3.8) is 0 Å². The van der Waals surface area contributed by atoms with Crippen molar-refractivity contribution in [2.24, 2.45) is 0 Å². The molecule has 0 heterocycles. The van der Waals surface area contributed by atoms with E-state index in [9.17, 15) is 0 Å². The lowest BCUT2D eigenvalue weighted by molar-refractivity contribution is -0.914. The number of halogens is 1. The van der Waals surface area contributed by atoms with Gasteiger partial charge in [-0.3, -0.25) is 0 Å². The van der Waals surface area contributed by atoms with Crippen LogP contribution >= 0.6 is 11.6 Å². The van der Waals surface area contributed by atoms with Crippen LogP contribution in [0.4, 0.5) is 0 Å². The van der Waals surface area contributed by atoms with Gasteiger partial charge >= 0.3 is 0 Å². The summed E-state index contributed by atoms with van der Waals surface area (Å²) >= 11 is 6.09. The first-order valence-electron chi connectivity index (χ1n) is 5.45. The van der Waals surface area contributed by atoms with Gasteiger partial charge in [-0.05, 0) is 12.5 Å². The molecule has 0 aliphatic rings. The Morgan fingerprint density at radius 2 is 2.00 bits per heavy atom. The van der Waals surface area contributed by atoms with Gasteiger partial charge in [-0.2, -0.15) is 0 Å². The van der Waals surface area contributed by atoms with E-state index in [4.69, 9.17) is 16.7 Å². The third-order valence-corrected chi connectivity index (χ3v) is 2.84.